The quantitative estimate of drug-likeness (QED) is 0.460. The van der Waals surface area contributed by atoms with Crippen molar-refractivity contribution in [3.63, 3.8) is 0 Å². The predicted molar refractivity (Wildman–Crippen MR) is 47.6 cm³/mol. The topological polar surface area (TPSA) is 92.4 Å². The van der Waals surface area contributed by atoms with E-state index in [0.29, 0.717) is 12.8 Å². The van der Waals surface area contributed by atoms with Crippen molar-refractivity contribution in [1.82, 2.24) is 5.32 Å². The second kappa shape index (κ2) is 6.19. The van der Waals surface area contributed by atoms with Crippen LogP contribution in [0.15, 0.2) is 12.7 Å². The maximum Gasteiger partial charge on any atom is 0.248 e. The van der Waals surface area contributed by atoms with Crippen LogP contribution in [0, 0.1) is 0 Å². The van der Waals surface area contributed by atoms with Crippen LogP contribution in [0.1, 0.15) is 12.8 Å². The highest BCUT2D eigenvalue weighted by Crippen LogP contribution is 1.88. The van der Waals surface area contributed by atoms with E-state index in [1.807, 2.05) is 0 Å². The molecule has 0 heterocycles. The SMILES string of the molecule is C=CCCC(=O)NCC(O)C(N)=O. The third kappa shape index (κ3) is 5.86. The van der Waals surface area contributed by atoms with Crippen molar-refractivity contribution >= 4 is 11.8 Å². The van der Waals surface area contributed by atoms with Gasteiger partial charge in [0.05, 0.1) is 6.54 Å². The van der Waals surface area contributed by atoms with E-state index in [4.69, 9.17) is 10.8 Å². The van der Waals surface area contributed by atoms with Crippen LogP contribution >= 0.6 is 0 Å². The average molecular weight is 186 g/mol. The Balaban J connectivity index is 3.57. The van der Waals surface area contributed by atoms with Gasteiger partial charge in [0, 0.05) is 6.42 Å². The number of carbonyl (C=O) groups is 2. The second-order valence-electron chi connectivity index (χ2n) is 2.55. The zero-order valence-electron chi connectivity index (χ0n) is 7.32. The van der Waals surface area contributed by atoms with Crippen molar-refractivity contribution in [2.45, 2.75) is 18.9 Å². The van der Waals surface area contributed by atoms with Gasteiger partial charge in [0.15, 0.2) is 0 Å². The standard InChI is InChI=1S/C8H14N2O3/c1-2-3-4-7(12)10-5-6(11)8(9)13/h2,6,11H,1,3-5H2,(H2,9,13)(H,10,12). The zero-order chi connectivity index (χ0) is 10.3. The van der Waals surface area contributed by atoms with E-state index in [9.17, 15) is 9.59 Å². The lowest BCUT2D eigenvalue weighted by molar-refractivity contribution is -0.127. The highest BCUT2D eigenvalue weighted by molar-refractivity contribution is 5.80. The number of carbonyl (C=O) groups excluding carboxylic acids is 2. The zero-order valence-corrected chi connectivity index (χ0v) is 7.32. The molecule has 0 aromatic carbocycles. The Bertz CT molecular complexity index is 204. The Hall–Kier alpha value is -1.36. The molecule has 0 aromatic heterocycles. The maximum absolute atomic E-state index is 10.9. The van der Waals surface area contributed by atoms with Gasteiger partial charge in [-0.15, -0.1) is 6.58 Å². The Morgan fingerprint density at radius 1 is 1.62 bits per heavy atom. The summed E-state index contributed by atoms with van der Waals surface area (Å²) in [5, 5.41) is 11.3. The number of amides is 2. The minimum Gasteiger partial charge on any atom is -0.381 e. The molecule has 4 N–H and O–H groups in total. The summed E-state index contributed by atoms with van der Waals surface area (Å²) in [6, 6.07) is 0. The third-order valence-corrected chi connectivity index (χ3v) is 1.40. The number of aliphatic hydroxyl groups is 1. The van der Waals surface area contributed by atoms with E-state index in [-0.39, 0.29) is 12.5 Å². The van der Waals surface area contributed by atoms with Crippen molar-refractivity contribution in [1.29, 1.82) is 0 Å². The fourth-order valence-electron chi connectivity index (χ4n) is 0.633. The largest absolute Gasteiger partial charge is 0.381 e. The number of nitrogens with two attached hydrogens (primary N) is 1. The van der Waals surface area contributed by atoms with E-state index in [1.54, 1.807) is 6.08 Å². The summed E-state index contributed by atoms with van der Waals surface area (Å²) in [7, 11) is 0. The molecule has 1 atom stereocenters. The first-order chi connectivity index (χ1) is 6.07. The number of allylic oxidation sites excluding steroid dienone is 1. The van der Waals surface area contributed by atoms with E-state index in [0.717, 1.165) is 0 Å². The molecule has 0 fully saturated rings. The van der Waals surface area contributed by atoms with E-state index in [1.165, 1.54) is 0 Å². The van der Waals surface area contributed by atoms with Gasteiger partial charge in [0.1, 0.15) is 6.10 Å². The molecular weight excluding hydrogens is 172 g/mol. The molecule has 13 heavy (non-hydrogen) atoms. The fourth-order valence-corrected chi connectivity index (χ4v) is 0.633. The molecule has 74 valence electrons. The molecule has 0 saturated carbocycles. The summed E-state index contributed by atoms with van der Waals surface area (Å²) in [5.74, 6) is -1.08. The molecule has 0 saturated heterocycles. The maximum atomic E-state index is 10.9. The minimum absolute atomic E-state index is 0.134. The van der Waals surface area contributed by atoms with Crippen LogP contribution in [0.2, 0.25) is 0 Å². The number of nitrogens with one attached hydrogen (secondary N) is 1. The van der Waals surface area contributed by atoms with Gasteiger partial charge in [-0.05, 0) is 6.42 Å². The second-order valence-corrected chi connectivity index (χ2v) is 2.55. The smallest absolute Gasteiger partial charge is 0.248 e. The normalized spacial score (nSPS) is 11.8. The van der Waals surface area contributed by atoms with E-state index >= 15 is 0 Å². The molecule has 0 aliphatic carbocycles. The molecule has 0 aliphatic rings. The van der Waals surface area contributed by atoms with Crippen LogP contribution in [0.3, 0.4) is 0 Å². The summed E-state index contributed by atoms with van der Waals surface area (Å²) in [6.45, 7) is 3.32. The Labute approximate surface area is 76.6 Å². The van der Waals surface area contributed by atoms with Crippen LogP contribution in [-0.2, 0) is 9.59 Å². The van der Waals surface area contributed by atoms with Gasteiger partial charge < -0.3 is 16.2 Å². The molecule has 5 nitrogen and oxygen atoms in total. The number of rotatable bonds is 6. The molecule has 0 bridgehead atoms. The third-order valence-electron chi connectivity index (χ3n) is 1.40. The molecule has 0 spiro atoms. The van der Waals surface area contributed by atoms with Crippen molar-refractivity contribution < 1.29 is 14.7 Å². The molecule has 2 amide bonds. The van der Waals surface area contributed by atoms with E-state index < -0.39 is 12.0 Å². The molecule has 0 aromatic rings. The summed E-state index contributed by atoms with van der Waals surface area (Å²) >= 11 is 0. The van der Waals surface area contributed by atoms with Crippen molar-refractivity contribution in [3.8, 4) is 0 Å². The number of hydrogen-bond donors (Lipinski definition) is 3. The average Bonchev–Trinajstić information content (AvgIpc) is 2.10. The lowest BCUT2D eigenvalue weighted by Crippen LogP contribution is -2.39. The first-order valence-corrected chi connectivity index (χ1v) is 3.93. The van der Waals surface area contributed by atoms with Gasteiger partial charge in [0.2, 0.25) is 11.8 Å². The van der Waals surface area contributed by atoms with Crippen molar-refractivity contribution in [2.24, 2.45) is 5.73 Å². The molecule has 0 aliphatic heterocycles. The van der Waals surface area contributed by atoms with Gasteiger partial charge in [-0.25, -0.2) is 0 Å². The lowest BCUT2D eigenvalue weighted by Gasteiger charge is -2.07. The number of aliphatic hydroxyl groups excluding tert-OH is 1. The molecule has 1 unspecified atom stereocenters. The van der Waals surface area contributed by atoms with Crippen molar-refractivity contribution in [3.05, 3.63) is 12.7 Å². The Morgan fingerprint density at radius 3 is 2.69 bits per heavy atom. The monoisotopic (exact) mass is 186 g/mol. The Kier molecular flexibility index (Phi) is 5.54. The first kappa shape index (κ1) is 11.6. The number of primary amides is 1. The summed E-state index contributed by atoms with van der Waals surface area (Å²) in [6.07, 6.45) is 1.17. The van der Waals surface area contributed by atoms with Crippen LogP contribution in [-0.4, -0.2) is 29.6 Å². The van der Waals surface area contributed by atoms with Crippen LogP contribution in [0.4, 0.5) is 0 Å². The highest BCUT2D eigenvalue weighted by Gasteiger charge is 2.11. The van der Waals surface area contributed by atoms with Gasteiger partial charge in [0.25, 0.3) is 0 Å². The van der Waals surface area contributed by atoms with Crippen LogP contribution in [0.5, 0.6) is 0 Å². The molecule has 5 heteroatoms. The Morgan fingerprint density at radius 2 is 2.23 bits per heavy atom. The summed E-state index contributed by atoms with van der Waals surface area (Å²) in [4.78, 5) is 21.2. The van der Waals surface area contributed by atoms with Crippen molar-refractivity contribution in [2.75, 3.05) is 6.54 Å². The lowest BCUT2D eigenvalue weighted by atomic mass is 10.3. The van der Waals surface area contributed by atoms with E-state index in [2.05, 4.69) is 11.9 Å². The van der Waals surface area contributed by atoms with Gasteiger partial charge in [-0.2, -0.15) is 0 Å². The van der Waals surface area contributed by atoms with Crippen LogP contribution < -0.4 is 11.1 Å². The van der Waals surface area contributed by atoms with Gasteiger partial charge in [-0.1, -0.05) is 6.08 Å². The molecular formula is C8H14N2O3. The molecule has 0 radical (unpaired) electrons. The van der Waals surface area contributed by atoms with Crippen LogP contribution in [0.25, 0.3) is 0 Å². The molecule has 0 rings (SSSR count). The number of hydrogen-bond acceptors (Lipinski definition) is 3. The van der Waals surface area contributed by atoms with Gasteiger partial charge >= 0.3 is 0 Å². The summed E-state index contributed by atoms with van der Waals surface area (Å²) in [5.41, 5.74) is 4.77. The first-order valence-electron chi connectivity index (χ1n) is 3.93. The fraction of sp³-hybridized carbons (Fsp3) is 0.500. The van der Waals surface area contributed by atoms with Gasteiger partial charge in [-0.3, -0.25) is 9.59 Å². The summed E-state index contributed by atoms with van der Waals surface area (Å²) < 4.78 is 0. The highest BCUT2D eigenvalue weighted by atomic mass is 16.3. The minimum atomic E-state index is -1.31. The predicted octanol–water partition coefficient (Wildman–Crippen LogP) is -1.08.